The van der Waals surface area contributed by atoms with Gasteiger partial charge in [0.1, 0.15) is 0 Å². The van der Waals surface area contributed by atoms with Crippen LogP contribution in [0.1, 0.15) is 25.8 Å². The highest BCUT2D eigenvalue weighted by molar-refractivity contribution is 5.14. The summed E-state index contributed by atoms with van der Waals surface area (Å²) in [4.78, 5) is 5.16. The van der Waals surface area contributed by atoms with Crippen molar-refractivity contribution in [3.05, 3.63) is 46.3 Å². The minimum absolute atomic E-state index is 0.501. The first kappa shape index (κ1) is 13.6. The summed E-state index contributed by atoms with van der Waals surface area (Å²) in [7, 11) is 0. The van der Waals surface area contributed by atoms with Crippen LogP contribution in [0, 0.1) is 0 Å². The van der Waals surface area contributed by atoms with Crippen LogP contribution < -0.4 is 0 Å². The van der Waals surface area contributed by atoms with Gasteiger partial charge in [-0.1, -0.05) is 35.4 Å². The van der Waals surface area contributed by atoms with Gasteiger partial charge in [0.05, 0.1) is 0 Å². The molecule has 0 aliphatic heterocycles. The highest BCUT2D eigenvalue weighted by Gasteiger charge is 2.08. The quantitative estimate of drug-likeness (QED) is 0.307. The van der Waals surface area contributed by atoms with Crippen molar-refractivity contribution in [3.63, 3.8) is 0 Å². The van der Waals surface area contributed by atoms with Crippen molar-refractivity contribution in [1.82, 2.24) is 4.90 Å². The average Bonchev–Trinajstić information content (AvgIpc) is 2.34. The smallest absolute Gasteiger partial charge is 0.0270 e. The van der Waals surface area contributed by atoms with Gasteiger partial charge in [-0.3, -0.25) is 4.90 Å². The summed E-state index contributed by atoms with van der Waals surface area (Å²) in [6.45, 7) is 6.88. The summed E-state index contributed by atoms with van der Waals surface area (Å²) < 4.78 is 0. The predicted octanol–water partition coefficient (Wildman–Crippen LogP) is 3.60. The van der Waals surface area contributed by atoms with E-state index in [9.17, 15) is 0 Å². The fourth-order valence-electron chi connectivity index (χ4n) is 1.73. The van der Waals surface area contributed by atoms with Crippen molar-refractivity contribution in [2.24, 2.45) is 5.11 Å². The highest BCUT2D eigenvalue weighted by Crippen LogP contribution is 2.08. The molecule has 0 fully saturated rings. The molecule has 0 atom stereocenters. The summed E-state index contributed by atoms with van der Waals surface area (Å²) in [5.74, 6) is 0. The van der Waals surface area contributed by atoms with Crippen molar-refractivity contribution in [3.8, 4) is 0 Å². The first-order valence-corrected chi connectivity index (χ1v) is 6.03. The summed E-state index contributed by atoms with van der Waals surface area (Å²) in [6.07, 6.45) is 0.912. The zero-order chi connectivity index (χ0) is 12.5. The zero-order valence-corrected chi connectivity index (χ0v) is 10.6. The van der Waals surface area contributed by atoms with E-state index in [1.165, 1.54) is 5.56 Å². The average molecular weight is 232 g/mol. The number of benzene rings is 1. The van der Waals surface area contributed by atoms with E-state index < -0.39 is 0 Å². The molecule has 17 heavy (non-hydrogen) atoms. The van der Waals surface area contributed by atoms with Gasteiger partial charge < -0.3 is 0 Å². The van der Waals surface area contributed by atoms with Crippen LogP contribution in [-0.2, 0) is 6.54 Å². The molecule has 0 saturated heterocycles. The molecular formula is C13H20N4. The van der Waals surface area contributed by atoms with Crippen molar-refractivity contribution in [1.29, 1.82) is 0 Å². The molecule has 0 aliphatic rings. The lowest BCUT2D eigenvalue weighted by atomic mass is 10.2. The van der Waals surface area contributed by atoms with Crippen LogP contribution in [0.5, 0.6) is 0 Å². The lowest BCUT2D eigenvalue weighted by molar-refractivity contribution is 0.211. The first-order chi connectivity index (χ1) is 8.24. The topological polar surface area (TPSA) is 52.0 Å². The molecular weight excluding hydrogens is 212 g/mol. The van der Waals surface area contributed by atoms with Crippen molar-refractivity contribution >= 4 is 0 Å². The Balaban J connectivity index is 2.46. The third kappa shape index (κ3) is 5.38. The molecule has 0 radical (unpaired) electrons. The molecule has 0 aromatic heterocycles. The molecule has 0 N–H and O–H groups in total. The van der Waals surface area contributed by atoms with E-state index in [4.69, 9.17) is 5.53 Å². The van der Waals surface area contributed by atoms with E-state index in [1.54, 1.807) is 0 Å². The second-order valence-electron chi connectivity index (χ2n) is 4.36. The Hall–Kier alpha value is -1.51. The molecule has 0 saturated carbocycles. The van der Waals surface area contributed by atoms with Crippen LogP contribution in [0.4, 0.5) is 0 Å². The Morgan fingerprint density at radius 3 is 2.59 bits per heavy atom. The maximum Gasteiger partial charge on any atom is 0.0270 e. The van der Waals surface area contributed by atoms with Crippen LogP contribution in [-0.4, -0.2) is 24.0 Å². The largest absolute Gasteiger partial charge is 0.297 e. The molecule has 1 aromatic rings. The van der Waals surface area contributed by atoms with Gasteiger partial charge in [-0.25, -0.2) is 0 Å². The maximum atomic E-state index is 8.22. The summed E-state index contributed by atoms with van der Waals surface area (Å²) >= 11 is 0. The Morgan fingerprint density at radius 2 is 2.00 bits per heavy atom. The highest BCUT2D eigenvalue weighted by atomic mass is 15.2. The number of nitrogens with zero attached hydrogens (tertiary/aromatic N) is 4. The second-order valence-corrected chi connectivity index (χ2v) is 4.36. The van der Waals surface area contributed by atoms with Gasteiger partial charge in [0.15, 0.2) is 0 Å². The molecule has 92 valence electrons. The van der Waals surface area contributed by atoms with Gasteiger partial charge in [-0.2, -0.15) is 0 Å². The molecule has 4 heteroatoms. The van der Waals surface area contributed by atoms with Gasteiger partial charge in [0, 0.05) is 24.0 Å². The predicted molar refractivity (Wildman–Crippen MR) is 70.6 cm³/mol. The van der Waals surface area contributed by atoms with Crippen LogP contribution in [0.2, 0.25) is 0 Å². The monoisotopic (exact) mass is 232 g/mol. The van der Waals surface area contributed by atoms with Crippen molar-refractivity contribution < 1.29 is 0 Å². The van der Waals surface area contributed by atoms with Gasteiger partial charge in [-0.15, -0.1) is 0 Å². The fourth-order valence-corrected chi connectivity index (χ4v) is 1.73. The lowest BCUT2D eigenvalue weighted by Crippen LogP contribution is -2.31. The van der Waals surface area contributed by atoms with E-state index in [1.807, 2.05) is 6.07 Å². The Morgan fingerprint density at radius 1 is 1.29 bits per heavy atom. The Bertz CT molecular complexity index is 355. The van der Waals surface area contributed by atoms with Gasteiger partial charge in [-0.05, 0) is 37.9 Å². The molecule has 0 amide bonds. The molecule has 0 spiro atoms. The van der Waals surface area contributed by atoms with Gasteiger partial charge in [0.2, 0.25) is 0 Å². The number of hydrogen-bond donors (Lipinski definition) is 0. The van der Waals surface area contributed by atoms with Crippen molar-refractivity contribution in [2.45, 2.75) is 32.9 Å². The van der Waals surface area contributed by atoms with Gasteiger partial charge >= 0.3 is 0 Å². The summed E-state index contributed by atoms with van der Waals surface area (Å²) in [6, 6.07) is 10.9. The van der Waals surface area contributed by atoms with Crippen LogP contribution in [0.15, 0.2) is 35.4 Å². The zero-order valence-electron chi connectivity index (χ0n) is 10.6. The van der Waals surface area contributed by atoms with Crippen LogP contribution >= 0.6 is 0 Å². The maximum absolute atomic E-state index is 8.22. The van der Waals surface area contributed by atoms with Gasteiger partial charge in [0.25, 0.3) is 0 Å². The SMILES string of the molecule is CC(C)N(CCCN=[N+]=[N-])Cc1ccccc1. The lowest BCUT2D eigenvalue weighted by Gasteiger charge is -2.26. The Kier molecular flexibility index (Phi) is 6.15. The van der Waals surface area contributed by atoms with E-state index in [0.717, 1.165) is 19.5 Å². The minimum atomic E-state index is 0.501. The minimum Gasteiger partial charge on any atom is -0.297 e. The van der Waals surface area contributed by atoms with Crippen LogP contribution in [0.25, 0.3) is 10.4 Å². The molecule has 0 unspecified atom stereocenters. The number of rotatable bonds is 7. The molecule has 4 nitrogen and oxygen atoms in total. The first-order valence-electron chi connectivity index (χ1n) is 6.03. The Labute approximate surface area is 103 Å². The molecule has 1 rings (SSSR count). The third-order valence-electron chi connectivity index (χ3n) is 2.73. The number of hydrogen-bond acceptors (Lipinski definition) is 2. The number of azide groups is 1. The summed E-state index contributed by atoms with van der Waals surface area (Å²) in [5.41, 5.74) is 9.54. The second kappa shape index (κ2) is 7.71. The van der Waals surface area contributed by atoms with E-state index >= 15 is 0 Å². The molecule has 0 aliphatic carbocycles. The van der Waals surface area contributed by atoms with Crippen LogP contribution in [0.3, 0.4) is 0 Å². The normalized spacial score (nSPS) is 10.6. The van der Waals surface area contributed by atoms with E-state index in [-0.39, 0.29) is 0 Å². The standard InChI is InChI=1S/C13H20N4/c1-12(2)17(10-6-9-15-16-14)11-13-7-4-3-5-8-13/h3-5,7-8,12H,6,9-11H2,1-2H3. The third-order valence-corrected chi connectivity index (χ3v) is 2.73. The van der Waals surface area contributed by atoms with E-state index in [0.29, 0.717) is 12.6 Å². The van der Waals surface area contributed by atoms with E-state index in [2.05, 4.69) is 53.0 Å². The molecule has 1 aromatic carbocycles. The fraction of sp³-hybridized carbons (Fsp3) is 0.538. The summed E-state index contributed by atoms with van der Waals surface area (Å²) in [5, 5.41) is 3.56. The van der Waals surface area contributed by atoms with Crippen molar-refractivity contribution in [2.75, 3.05) is 13.1 Å². The molecule has 0 bridgehead atoms. The molecule has 0 heterocycles.